The maximum atomic E-state index is 15.6. The molecule has 1 aliphatic heterocycles. The van der Waals surface area contributed by atoms with Crippen LogP contribution in [0.4, 0.5) is 10.1 Å². The second-order valence-corrected chi connectivity index (χ2v) is 10.6. The Hall–Kier alpha value is -4.02. The highest BCUT2D eigenvalue weighted by Gasteiger charge is 2.24. The zero-order chi connectivity index (χ0) is 31.0. The van der Waals surface area contributed by atoms with Gasteiger partial charge in [-0.15, -0.1) is 0 Å². The lowest BCUT2D eigenvalue weighted by Gasteiger charge is -2.33. The maximum Gasteiger partial charge on any atom is 0.165 e. The molecule has 0 atom stereocenters. The number of hydrogen-bond donors (Lipinski definition) is 0. The molecule has 42 heavy (non-hydrogen) atoms. The average Bonchev–Trinajstić information content (AvgIpc) is 3.01. The zero-order valence-corrected chi connectivity index (χ0v) is 26.0. The van der Waals surface area contributed by atoms with E-state index in [2.05, 4.69) is 11.1 Å². The molecule has 6 nitrogen and oxygen atoms in total. The van der Waals surface area contributed by atoms with Gasteiger partial charge in [0.25, 0.3) is 0 Å². The number of allylic oxidation sites excluding steroid dienone is 1. The summed E-state index contributed by atoms with van der Waals surface area (Å²) in [6.07, 6.45) is 5.23. The fourth-order valence-electron chi connectivity index (χ4n) is 5.25. The first-order chi connectivity index (χ1) is 20.2. The van der Waals surface area contributed by atoms with Crippen LogP contribution in [0.5, 0.6) is 5.75 Å². The lowest BCUT2D eigenvalue weighted by molar-refractivity contribution is 0.0853. The summed E-state index contributed by atoms with van der Waals surface area (Å²) in [5.41, 5.74) is 6.01. The van der Waals surface area contributed by atoms with Gasteiger partial charge in [0.15, 0.2) is 5.78 Å². The molecule has 2 heterocycles. The largest absolute Gasteiger partial charge is 0.496 e. The number of ketones is 1. The van der Waals surface area contributed by atoms with Crippen molar-refractivity contribution in [2.24, 2.45) is 5.92 Å². The number of methoxy groups -OCH3 is 1. The number of benzene rings is 2. The average molecular weight is 572 g/mol. The van der Waals surface area contributed by atoms with Crippen LogP contribution in [0.2, 0.25) is 0 Å². The summed E-state index contributed by atoms with van der Waals surface area (Å²) < 4.78 is 26.6. The number of halogens is 1. The van der Waals surface area contributed by atoms with Gasteiger partial charge in [-0.3, -0.25) is 9.78 Å². The van der Waals surface area contributed by atoms with Gasteiger partial charge in [0.05, 0.1) is 24.1 Å². The number of carbonyl (C=O) groups excluding carboxylic acids is 1. The van der Waals surface area contributed by atoms with Crippen molar-refractivity contribution < 1.29 is 18.7 Å². The van der Waals surface area contributed by atoms with E-state index in [1.165, 1.54) is 6.07 Å². The molecule has 1 fully saturated rings. The molecule has 1 aromatic heterocycles. The molecule has 0 unspecified atom stereocenters. The molecule has 0 spiro atoms. The van der Waals surface area contributed by atoms with Gasteiger partial charge >= 0.3 is 0 Å². The highest BCUT2D eigenvalue weighted by atomic mass is 19.1. The van der Waals surface area contributed by atoms with E-state index in [-0.39, 0.29) is 17.7 Å². The van der Waals surface area contributed by atoms with Crippen molar-refractivity contribution in [3.8, 4) is 22.9 Å². The highest BCUT2D eigenvalue weighted by molar-refractivity contribution is 5.98. The molecule has 1 aliphatic rings. The van der Waals surface area contributed by atoms with Crippen molar-refractivity contribution >= 4 is 23.1 Å². The Balaban J connectivity index is 0.00000237. The van der Waals surface area contributed by atoms with Crippen LogP contribution in [0.15, 0.2) is 42.6 Å². The van der Waals surface area contributed by atoms with E-state index < -0.39 is 5.82 Å². The molecular formula is C35H42FN3O3. The van der Waals surface area contributed by atoms with Gasteiger partial charge in [-0.25, -0.2) is 4.39 Å². The van der Waals surface area contributed by atoms with Gasteiger partial charge in [-0.1, -0.05) is 39.8 Å². The third kappa shape index (κ3) is 7.06. The Kier molecular flexibility index (Phi) is 11.4. The van der Waals surface area contributed by atoms with E-state index in [0.717, 1.165) is 40.8 Å². The number of pyridine rings is 1. The summed E-state index contributed by atoms with van der Waals surface area (Å²) >= 11 is 0. The molecule has 0 bridgehead atoms. The van der Waals surface area contributed by atoms with Crippen LogP contribution in [0, 0.1) is 30.0 Å². The van der Waals surface area contributed by atoms with Crippen molar-refractivity contribution in [1.82, 2.24) is 4.98 Å². The third-order valence-electron chi connectivity index (χ3n) is 7.62. The molecule has 0 aliphatic carbocycles. The van der Waals surface area contributed by atoms with Crippen molar-refractivity contribution in [1.29, 1.82) is 5.26 Å². The fourth-order valence-corrected chi connectivity index (χ4v) is 5.25. The monoisotopic (exact) mass is 571 g/mol. The minimum Gasteiger partial charge on any atom is -0.496 e. The Morgan fingerprint density at radius 2 is 1.88 bits per heavy atom. The van der Waals surface area contributed by atoms with Gasteiger partial charge in [0.1, 0.15) is 17.6 Å². The predicted molar refractivity (Wildman–Crippen MR) is 168 cm³/mol. The molecule has 222 valence electrons. The van der Waals surface area contributed by atoms with Crippen LogP contribution in [0.25, 0.3) is 22.8 Å². The standard InChI is InChI=1S/C33H36FN3O3.C2H6/c1-20(2)33(38)23-7-8-27(31(18-23)39-6)21(3)15-30-22(4)28(9-12-36-30)24-16-25(19-35)32(29(34)17-24)37(5)26-10-13-40-14-11-26;1-2/h7-9,12,15-18,20,26H,10-11,13-14H2,1-6H3;1-2H3/b21-15+;. The minimum absolute atomic E-state index is 0.0608. The first-order valence-corrected chi connectivity index (χ1v) is 14.6. The van der Waals surface area contributed by atoms with E-state index in [1.807, 2.05) is 77.8 Å². The summed E-state index contributed by atoms with van der Waals surface area (Å²) in [6, 6.07) is 12.9. The van der Waals surface area contributed by atoms with Crippen LogP contribution in [-0.2, 0) is 4.74 Å². The van der Waals surface area contributed by atoms with E-state index >= 15 is 4.39 Å². The van der Waals surface area contributed by atoms with Gasteiger partial charge in [-0.2, -0.15) is 5.26 Å². The molecular weight excluding hydrogens is 529 g/mol. The highest BCUT2D eigenvalue weighted by Crippen LogP contribution is 2.35. The van der Waals surface area contributed by atoms with E-state index in [1.54, 1.807) is 25.4 Å². The number of carbonyl (C=O) groups is 1. The van der Waals surface area contributed by atoms with E-state index in [0.29, 0.717) is 41.3 Å². The summed E-state index contributed by atoms with van der Waals surface area (Å²) in [4.78, 5) is 18.9. The number of nitriles is 1. The molecule has 7 heteroatoms. The number of hydrogen-bond acceptors (Lipinski definition) is 6. The summed E-state index contributed by atoms with van der Waals surface area (Å²) in [5, 5.41) is 9.94. The van der Waals surface area contributed by atoms with Crippen LogP contribution >= 0.6 is 0 Å². The summed E-state index contributed by atoms with van der Waals surface area (Å²) in [6.45, 7) is 12.9. The first-order valence-electron chi connectivity index (χ1n) is 14.6. The van der Waals surface area contributed by atoms with Crippen LogP contribution in [-0.4, -0.2) is 44.2 Å². The molecule has 0 radical (unpaired) electrons. The normalized spacial score (nSPS) is 13.7. The van der Waals surface area contributed by atoms with Gasteiger partial charge < -0.3 is 14.4 Å². The smallest absolute Gasteiger partial charge is 0.165 e. The predicted octanol–water partition coefficient (Wildman–Crippen LogP) is 8.12. The minimum atomic E-state index is -0.423. The van der Waals surface area contributed by atoms with Crippen molar-refractivity contribution in [3.63, 3.8) is 0 Å². The maximum absolute atomic E-state index is 15.6. The van der Waals surface area contributed by atoms with E-state index in [4.69, 9.17) is 9.47 Å². The first kappa shape index (κ1) is 32.5. The SMILES string of the molecule is CC.COc1cc(C(=O)C(C)C)ccc1/C(C)=C/c1nccc(-c2cc(F)c(N(C)C3CCOCC3)c(C#N)c2)c1C. The number of ether oxygens (including phenoxy) is 2. The van der Waals surface area contributed by atoms with Crippen molar-refractivity contribution in [3.05, 3.63) is 76.4 Å². The van der Waals surface area contributed by atoms with Gasteiger partial charge in [-0.05, 0) is 79.3 Å². The number of aromatic nitrogens is 1. The Bertz CT molecular complexity index is 1480. The Morgan fingerprint density at radius 1 is 1.19 bits per heavy atom. The zero-order valence-electron chi connectivity index (χ0n) is 26.0. The van der Waals surface area contributed by atoms with Crippen molar-refractivity contribution in [2.45, 2.75) is 60.4 Å². The molecule has 1 saturated heterocycles. The number of rotatable bonds is 8. The topological polar surface area (TPSA) is 75.4 Å². The second kappa shape index (κ2) is 14.7. The molecule has 2 aromatic carbocycles. The van der Waals surface area contributed by atoms with Crippen molar-refractivity contribution in [2.75, 3.05) is 32.3 Å². The fraction of sp³-hybridized carbons (Fsp3) is 0.400. The third-order valence-corrected chi connectivity index (χ3v) is 7.62. The number of anilines is 1. The quantitative estimate of drug-likeness (QED) is 0.254. The van der Waals surface area contributed by atoms with Gasteiger partial charge in [0.2, 0.25) is 0 Å². The van der Waals surface area contributed by atoms with Crippen LogP contribution in [0.1, 0.15) is 80.2 Å². The number of Topliss-reactive ketones (excluding diaryl/α,β-unsaturated/α-hetero) is 1. The molecule has 4 rings (SSSR count). The molecule has 3 aromatic rings. The second-order valence-electron chi connectivity index (χ2n) is 10.6. The molecule has 0 saturated carbocycles. The Morgan fingerprint density at radius 3 is 2.50 bits per heavy atom. The summed E-state index contributed by atoms with van der Waals surface area (Å²) in [5.74, 6) is 0.141. The lowest BCUT2D eigenvalue weighted by Crippen LogP contribution is -2.37. The van der Waals surface area contributed by atoms with Crippen LogP contribution in [0.3, 0.4) is 0 Å². The summed E-state index contributed by atoms with van der Waals surface area (Å²) in [7, 11) is 3.43. The van der Waals surface area contributed by atoms with E-state index in [9.17, 15) is 10.1 Å². The van der Waals surface area contributed by atoms with Crippen LogP contribution < -0.4 is 9.64 Å². The molecule has 0 amide bonds. The van der Waals surface area contributed by atoms with Gasteiger partial charge in [0, 0.05) is 49.5 Å². The Labute approximate surface area is 249 Å². The lowest BCUT2D eigenvalue weighted by atomic mass is 9.94. The molecule has 0 N–H and O–H groups in total. The number of nitrogens with zero attached hydrogens (tertiary/aromatic N) is 3.